The fourth-order valence-corrected chi connectivity index (χ4v) is 2.76. The summed E-state index contributed by atoms with van der Waals surface area (Å²) in [4.78, 5) is 11.0. The Hall–Kier alpha value is -2.30. The predicted octanol–water partition coefficient (Wildman–Crippen LogP) is 4.03. The largest absolute Gasteiger partial charge is 0.372 e. The Balaban J connectivity index is 1.68. The lowest BCUT2D eigenvalue weighted by Gasteiger charge is -2.21. The summed E-state index contributed by atoms with van der Waals surface area (Å²) >= 11 is 0. The van der Waals surface area contributed by atoms with Crippen molar-refractivity contribution in [3.63, 3.8) is 0 Å². The maximum atomic E-state index is 4.29. The number of aromatic nitrogens is 2. The van der Waals surface area contributed by atoms with Gasteiger partial charge in [0.2, 0.25) is 0 Å². The number of anilines is 4. The molecule has 1 aliphatic rings. The van der Waals surface area contributed by atoms with Crippen LogP contribution in [0.15, 0.2) is 36.7 Å². The third-order valence-corrected chi connectivity index (χ3v) is 3.78. The van der Waals surface area contributed by atoms with Crippen molar-refractivity contribution < 1.29 is 0 Å². The third kappa shape index (κ3) is 4.34. The molecule has 0 unspecified atom stereocenters. The zero-order valence-corrected chi connectivity index (χ0v) is 14.1. The van der Waals surface area contributed by atoms with Crippen LogP contribution in [0, 0.1) is 0 Å². The molecule has 1 aromatic heterocycles. The summed E-state index contributed by atoms with van der Waals surface area (Å²) in [5.41, 5.74) is 2.31. The molecule has 1 aromatic carbocycles. The summed E-state index contributed by atoms with van der Waals surface area (Å²) in [5, 5.41) is 6.69. The van der Waals surface area contributed by atoms with E-state index in [1.807, 2.05) is 6.07 Å². The molecule has 5 nitrogen and oxygen atoms in total. The van der Waals surface area contributed by atoms with Crippen LogP contribution in [0.4, 0.5) is 23.0 Å². The molecule has 122 valence electrons. The van der Waals surface area contributed by atoms with E-state index in [2.05, 4.69) is 70.5 Å². The Morgan fingerprint density at radius 2 is 1.61 bits per heavy atom. The number of hydrogen-bond donors (Lipinski definition) is 2. The van der Waals surface area contributed by atoms with Crippen LogP contribution in [0.1, 0.15) is 33.6 Å². The van der Waals surface area contributed by atoms with Crippen LogP contribution in [-0.4, -0.2) is 28.6 Å². The van der Waals surface area contributed by atoms with Crippen LogP contribution in [0.2, 0.25) is 0 Å². The van der Waals surface area contributed by atoms with Crippen molar-refractivity contribution in [3.05, 3.63) is 36.7 Å². The van der Waals surface area contributed by atoms with Gasteiger partial charge < -0.3 is 15.5 Å². The van der Waals surface area contributed by atoms with E-state index in [4.69, 9.17) is 0 Å². The summed E-state index contributed by atoms with van der Waals surface area (Å²) in [6.07, 6.45) is 4.17. The third-order valence-electron chi connectivity index (χ3n) is 3.78. The molecule has 3 rings (SSSR count). The summed E-state index contributed by atoms with van der Waals surface area (Å²) in [7, 11) is 0. The van der Waals surface area contributed by atoms with Gasteiger partial charge in [-0.15, -0.1) is 0 Å². The van der Waals surface area contributed by atoms with Crippen molar-refractivity contribution >= 4 is 23.0 Å². The minimum atomic E-state index is -0.0248. The maximum Gasteiger partial charge on any atom is 0.135 e. The SMILES string of the molecule is CC(C)(C)Nc1cc(Nc2ccc(N3CCCC3)cc2)ncn1. The zero-order valence-electron chi connectivity index (χ0n) is 14.1. The molecule has 1 aliphatic heterocycles. The molecule has 1 fully saturated rings. The minimum absolute atomic E-state index is 0.0248. The number of hydrogen-bond acceptors (Lipinski definition) is 5. The minimum Gasteiger partial charge on any atom is -0.372 e. The molecule has 5 heteroatoms. The van der Waals surface area contributed by atoms with E-state index >= 15 is 0 Å². The van der Waals surface area contributed by atoms with Gasteiger partial charge in [0, 0.05) is 36.1 Å². The fourth-order valence-electron chi connectivity index (χ4n) is 2.76. The second-order valence-electron chi connectivity index (χ2n) is 7.03. The molecule has 1 saturated heterocycles. The van der Waals surface area contributed by atoms with Crippen LogP contribution in [0.25, 0.3) is 0 Å². The van der Waals surface area contributed by atoms with E-state index in [0.29, 0.717) is 0 Å². The van der Waals surface area contributed by atoms with Crippen LogP contribution >= 0.6 is 0 Å². The molecule has 0 radical (unpaired) electrons. The van der Waals surface area contributed by atoms with Crippen molar-refractivity contribution in [1.82, 2.24) is 9.97 Å². The van der Waals surface area contributed by atoms with Crippen molar-refractivity contribution in [2.75, 3.05) is 28.6 Å². The molecule has 0 atom stereocenters. The van der Waals surface area contributed by atoms with Crippen LogP contribution < -0.4 is 15.5 Å². The molecule has 2 heterocycles. The number of nitrogens with one attached hydrogen (secondary N) is 2. The molecule has 0 aliphatic carbocycles. The molecule has 2 aromatic rings. The highest BCUT2D eigenvalue weighted by atomic mass is 15.1. The monoisotopic (exact) mass is 311 g/mol. The topological polar surface area (TPSA) is 53.1 Å². The second-order valence-corrected chi connectivity index (χ2v) is 7.03. The highest BCUT2D eigenvalue weighted by molar-refractivity contribution is 5.62. The standard InChI is InChI=1S/C18H25N5/c1-18(2,3)22-17-12-16(19-13-20-17)21-14-6-8-15(9-7-14)23-10-4-5-11-23/h6-9,12-13H,4-5,10-11H2,1-3H3,(H2,19,20,21,22). The first kappa shape index (κ1) is 15.6. The molecule has 0 bridgehead atoms. The van der Waals surface area contributed by atoms with Crippen LogP contribution in [0.3, 0.4) is 0 Å². The first-order chi connectivity index (χ1) is 11.0. The van der Waals surface area contributed by atoms with Crippen molar-refractivity contribution in [2.24, 2.45) is 0 Å². The molecular formula is C18H25N5. The van der Waals surface area contributed by atoms with Gasteiger partial charge in [-0.3, -0.25) is 0 Å². The zero-order chi connectivity index (χ0) is 16.3. The Bertz CT molecular complexity index is 639. The van der Waals surface area contributed by atoms with E-state index in [0.717, 1.165) is 17.3 Å². The average Bonchev–Trinajstić information content (AvgIpc) is 3.01. The average molecular weight is 311 g/mol. The van der Waals surface area contributed by atoms with Gasteiger partial charge in [0.15, 0.2) is 0 Å². The van der Waals surface area contributed by atoms with Gasteiger partial charge in [-0.2, -0.15) is 0 Å². The molecule has 0 saturated carbocycles. The van der Waals surface area contributed by atoms with Gasteiger partial charge in [0.1, 0.15) is 18.0 Å². The number of benzene rings is 1. The second kappa shape index (κ2) is 6.44. The van der Waals surface area contributed by atoms with Crippen molar-refractivity contribution in [2.45, 2.75) is 39.2 Å². The highest BCUT2D eigenvalue weighted by Gasteiger charge is 2.12. The van der Waals surface area contributed by atoms with Crippen LogP contribution in [-0.2, 0) is 0 Å². The normalized spacial score (nSPS) is 14.8. The first-order valence-electron chi connectivity index (χ1n) is 8.22. The van der Waals surface area contributed by atoms with E-state index in [9.17, 15) is 0 Å². The summed E-state index contributed by atoms with van der Waals surface area (Å²) in [6.45, 7) is 8.67. The van der Waals surface area contributed by atoms with Gasteiger partial charge in [0.05, 0.1) is 0 Å². The summed E-state index contributed by atoms with van der Waals surface area (Å²) < 4.78 is 0. The quantitative estimate of drug-likeness (QED) is 0.893. The van der Waals surface area contributed by atoms with Gasteiger partial charge >= 0.3 is 0 Å². The summed E-state index contributed by atoms with van der Waals surface area (Å²) in [6, 6.07) is 10.5. The lowest BCUT2D eigenvalue weighted by atomic mass is 10.1. The Morgan fingerprint density at radius 1 is 0.957 bits per heavy atom. The van der Waals surface area contributed by atoms with E-state index in [1.165, 1.54) is 31.6 Å². The Morgan fingerprint density at radius 3 is 2.26 bits per heavy atom. The lowest BCUT2D eigenvalue weighted by molar-refractivity contribution is 0.630. The van der Waals surface area contributed by atoms with E-state index < -0.39 is 0 Å². The molecule has 0 amide bonds. The smallest absolute Gasteiger partial charge is 0.135 e. The number of nitrogens with zero attached hydrogens (tertiary/aromatic N) is 3. The molecule has 2 N–H and O–H groups in total. The predicted molar refractivity (Wildman–Crippen MR) is 96.6 cm³/mol. The van der Waals surface area contributed by atoms with E-state index in [-0.39, 0.29) is 5.54 Å². The van der Waals surface area contributed by atoms with E-state index in [1.54, 1.807) is 6.33 Å². The van der Waals surface area contributed by atoms with Gasteiger partial charge in [-0.05, 0) is 57.9 Å². The van der Waals surface area contributed by atoms with Gasteiger partial charge in [0.25, 0.3) is 0 Å². The molecule has 0 spiro atoms. The summed E-state index contributed by atoms with van der Waals surface area (Å²) in [5.74, 6) is 1.62. The first-order valence-corrected chi connectivity index (χ1v) is 8.22. The Kier molecular flexibility index (Phi) is 4.37. The fraction of sp³-hybridized carbons (Fsp3) is 0.444. The molecular weight excluding hydrogens is 286 g/mol. The van der Waals surface area contributed by atoms with Crippen molar-refractivity contribution in [3.8, 4) is 0 Å². The molecule has 23 heavy (non-hydrogen) atoms. The van der Waals surface area contributed by atoms with Crippen LogP contribution in [0.5, 0.6) is 0 Å². The number of rotatable bonds is 4. The highest BCUT2D eigenvalue weighted by Crippen LogP contribution is 2.24. The Labute approximate surface area is 138 Å². The van der Waals surface area contributed by atoms with Crippen molar-refractivity contribution in [1.29, 1.82) is 0 Å². The maximum absolute atomic E-state index is 4.29. The van der Waals surface area contributed by atoms with Gasteiger partial charge in [-0.1, -0.05) is 0 Å². The lowest BCUT2D eigenvalue weighted by Crippen LogP contribution is -2.26. The van der Waals surface area contributed by atoms with Gasteiger partial charge in [-0.25, -0.2) is 9.97 Å².